The molecule has 24 heavy (non-hydrogen) atoms. The Balaban J connectivity index is 2.31. The number of rotatable bonds is 3. The van der Waals surface area contributed by atoms with Gasteiger partial charge in [-0.25, -0.2) is 0 Å². The third-order valence-electron chi connectivity index (χ3n) is 5.74. The lowest BCUT2D eigenvalue weighted by atomic mass is 10.1. The maximum absolute atomic E-state index is 6.85. The lowest BCUT2D eigenvalue weighted by Crippen LogP contribution is -2.55. The lowest BCUT2D eigenvalue weighted by Gasteiger charge is -2.50. The molecule has 2 rings (SSSR count). The van der Waals surface area contributed by atoms with Crippen molar-refractivity contribution in [2.75, 3.05) is 0 Å². The van der Waals surface area contributed by atoms with Crippen LogP contribution in [0.2, 0.25) is 15.6 Å². The van der Waals surface area contributed by atoms with Gasteiger partial charge >= 0.3 is 0 Å². The highest BCUT2D eigenvalue weighted by Gasteiger charge is 2.65. The van der Waals surface area contributed by atoms with Crippen molar-refractivity contribution in [3.63, 3.8) is 0 Å². The second-order valence-corrected chi connectivity index (χ2v) is 14.9. The first-order valence-corrected chi connectivity index (χ1v) is 11.0. The molecule has 0 N–H and O–H groups in total. The molecule has 0 unspecified atom stereocenters. The van der Waals surface area contributed by atoms with Crippen molar-refractivity contribution < 1.29 is 9.16 Å². The van der Waals surface area contributed by atoms with E-state index < -0.39 is 8.32 Å². The zero-order valence-corrected chi connectivity index (χ0v) is 17.6. The summed E-state index contributed by atoms with van der Waals surface area (Å²) in [6, 6.07) is 10.1. The van der Waals surface area contributed by atoms with Crippen molar-refractivity contribution in [3.05, 3.63) is 42.5 Å². The number of benzene rings is 1. The first-order valence-electron chi connectivity index (χ1n) is 9.00. The molecule has 0 bridgehead atoms. The van der Waals surface area contributed by atoms with Gasteiger partial charge in [-0.05, 0) is 15.6 Å². The molecule has 0 spiro atoms. The average molecular weight is 347 g/mol. The molecule has 1 fully saturated rings. The summed E-state index contributed by atoms with van der Waals surface area (Å²) in [7, 11) is -2.10. The van der Waals surface area contributed by atoms with Crippen molar-refractivity contribution in [1.82, 2.24) is 0 Å². The van der Waals surface area contributed by atoms with Crippen LogP contribution in [0.25, 0.3) is 5.76 Å². The summed E-state index contributed by atoms with van der Waals surface area (Å²) in [4.78, 5) is 0. The molecule has 2 nitrogen and oxygen atoms in total. The molecule has 0 radical (unpaired) electrons. The van der Waals surface area contributed by atoms with Gasteiger partial charge in [0.25, 0.3) is 0 Å². The largest absolute Gasteiger partial charge is 0.466 e. The smallest absolute Gasteiger partial charge is 0.211 e. The van der Waals surface area contributed by atoms with Crippen LogP contribution < -0.4 is 0 Å². The normalized spacial score (nSPS) is 27.1. The van der Waals surface area contributed by atoms with Gasteiger partial charge in [0.05, 0.1) is 0 Å². The molecule has 3 atom stereocenters. The molecule has 1 saturated heterocycles. The Morgan fingerprint density at radius 2 is 1.50 bits per heavy atom. The van der Waals surface area contributed by atoms with E-state index >= 15 is 0 Å². The van der Waals surface area contributed by atoms with Crippen molar-refractivity contribution >= 4 is 14.1 Å². The van der Waals surface area contributed by atoms with Crippen molar-refractivity contribution in [2.45, 2.75) is 77.3 Å². The molecular weight excluding hydrogens is 312 g/mol. The van der Waals surface area contributed by atoms with Gasteiger partial charge in [-0.2, -0.15) is 0 Å². The Bertz CT molecular complexity index is 566. The van der Waals surface area contributed by atoms with Crippen molar-refractivity contribution in [2.24, 2.45) is 5.92 Å². The van der Waals surface area contributed by atoms with Gasteiger partial charge in [0.1, 0.15) is 5.76 Å². The first-order chi connectivity index (χ1) is 10.9. The van der Waals surface area contributed by atoms with Crippen LogP contribution in [0.5, 0.6) is 0 Å². The topological polar surface area (TPSA) is 18.5 Å². The van der Waals surface area contributed by atoms with Crippen LogP contribution in [-0.4, -0.2) is 14.6 Å². The second kappa shape index (κ2) is 6.34. The molecule has 0 amide bonds. The van der Waals surface area contributed by atoms with Crippen molar-refractivity contribution in [3.8, 4) is 0 Å². The Kier molecular flexibility index (Phi) is 5.09. The van der Waals surface area contributed by atoms with E-state index in [2.05, 4.69) is 62.0 Å². The van der Waals surface area contributed by atoms with E-state index in [9.17, 15) is 0 Å². The highest BCUT2D eigenvalue weighted by molar-refractivity contribution is 6.81. The monoisotopic (exact) mass is 346 g/mol. The molecule has 0 aromatic heterocycles. The van der Waals surface area contributed by atoms with E-state index in [0.29, 0.717) is 17.2 Å². The quantitative estimate of drug-likeness (QED) is 0.453. The summed E-state index contributed by atoms with van der Waals surface area (Å²) in [6.07, 6.45) is -0.210. The van der Waals surface area contributed by atoms with Crippen LogP contribution in [0, 0.1) is 5.92 Å². The summed E-state index contributed by atoms with van der Waals surface area (Å²) in [6.45, 7) is 22.8. The van der Waals surface area contributed by atoms with Crippen LogP contribution in [0.15, 0.2) is 36.9 Å². The summed E-state index contributed by atoms with van der Waals surface area (Å²) in [5, 5.41) is 0.288. The van der Waals surface area contributed by atoms with E-state index in [0.717, 1.165) is 5.56 Å². The summed E-state index contributed by atoms with van der Waals surface area (Å²) < 4.78 is 13.1. The van der Waals surface area contributed by atoms with Gasteiger partial charge in [-0.3, -0.25) is 0 Å². The minimum Gasteiger partial charge on any atom is -0.466 e. The van der Waals surface area contributed by atoms with Gasteiger partial charge in [0, 0.05) is 11.5 Å². The van der Waals surface area contributed by atoms with E-state index in [-0.39, 0.29) is 16.4 Å². The Morgan fingerprint density at radius 3 is 1.92 bits per heavy atom. The summed E-state index contributed by atoms with van der Waals surface area (Å²) in [5.74, 6) is 1.06. The van der Waals surface area contributed by atoms with E-state index in [4.69, 9.17) is 9.16 Å². The molecular formula is C21H34O2Si. The minimum absolute atomic E-state index is 0.144. The van der Waals surface area contributed by atoms with Crippen LogP contribution in [0.1, 0.15) is 61.0 Å². The van der Waals surface area contributed by atoms with Crippen molar-refractivity contribution in [1.29, 1.82) is 0 Å². The summed E-state index contributed by atoms with van der Waals surface area (Å²) >= 11 is 0. The predicted octanol–water partition coefficient (Wildman–Crippen LogP) is 6.60. The van der Waals surface area contributed by atoms with Gasteiger partial charge in [-0.15, -0.1) is 0 Å². The maximum Gasteiger partial charge on any atom is 0.211 e. The zero-order chi connectivity index (χ0) is 18.3. The molecule has 1 heterocycles. The van der Waals surface area contributed by atoms with Gasteiger partial charge in [0.15, 0.2) is 6.29 Å². The average Bonchev–Trinajstić information content (AvgIpc) is 2.73. The molecule has 1 aromatic rings. The number of hydrogen-bond acceptors (Lipinski definition) is 2. The fourth-order valence-corrected chi connectivity index (χ4v) is 12.2. The SMILES string of the molecule is C=C(O[C@H]1O[Si](C(C)(C)C)(C(C)(C)C)[C@H](C)[C@@H]1C)c1ccccc1. The fraction of sp³-hybridized carbons (Fsp3) is 0.619. The van der Waals surface area contributed by atoms with Crippen LogP contribution in [-0.2, 0) is 9.16 Å². The van der Waals surface area contributed by atoms with E-state index in [1.54, 1.807) is 0 Å². The molecule has 134 valence electrons. The zero-order valence-electron chi connectivity index (χ0n) is 16.6. The van der Waals surface area contributed by atoms with Gasteiger partial charge in [-0.1, -0.05) is 92.3 Å². The minimum atomic E-state index is -2.10. The third-order valence-corrected chi connectivity index (χ3v) is 12.6. The van der Waals surface area contributed by atoms with Gasteiger partial charge < -0.3 is 9.16 Å². The Labute approximate surface area is 149 Å². The summed E-state index contributed by atoms with van der Waals surface area (Å²) in [5.41, 5.74) is 1.54. The molecule has 1 aliphatic rings. The maximum atomic E-state index is 6.85. The van der Waals surface area contributed by atoms with E-state index in [1.165, 1.54) is 0 Å². The molecule has 1 aliphatic heterocycles. The molecule has 0 saturated carbocycles. The predicted molar refractivity (Wildman–Crippen MR) is 105 cm³/mol. The van der Waals surface area contributed by atoms with E-state index in [1.807, 2.05) is 30.3 Å². The first kappa shape index (κ1) is 19.3. The standard InChI is InChI=1S/C21H34O2Si/c1-15-17(3)24(20(4,5)6,21(7,8)9)23-19(15)22-16(2)18-13-11-10-12-14-18/h10-15,17,19H,2H2,1,3-9H3/t15-,17+,19-/m0/s1. The molecule has 1 aromatic carbocycles. The van der Waals surface area contributed by atoms with Crippen LogP contribution in [0.4, 0.5) is 0 Å². The Hall–Kier alpha value is -1.06. The second-order valence-electron chi connectivity index (χ2n) is 9.28. The highest BCUT2D eigenvalue weighted by atomic mass is 28.4. The molecule has 3 heteroatoms. The fourth-order valence-electron chi connectivity index (χ4n) is 4.81. The molecule has 0 aliphatic carbocycles. The Morgan fingerprint density at radius 1 is 1.00 bits per heavy atom. The number of ether oxygens (including phenoxy) is 1. The van der Waals surface area contributed by atoms with Crippen LogP contribution >= 0.6 is 0 Å². The number of hydrogen-bond donors (Lipinski definition) is 0. The van der Waals surface area contributed by atoms with Crippen LogP contribution in [0.3, 0.4) is 0 Å². The lowest BCUT2D eigenvalue weighted by molar-refractivity contribution is -0.0401. The van der Waals surface area contributed by atoms with Gasteiger partial charge in [0.2, 0.25) is 8.32 Å². The highest BCUT2D eigenvalue weighted by Crippen LogP contribution is 2.63. The third kappa shape index (κ3) is 3.09.